The quantitative estimate of drug-likeness (QED) is 0.775. The third-order valence-corrected chi connectivity index (χ3v) is 4.56. The molecule has 0 saturated heterocycles. The van der Waals surface area contributed by atoms with Crippen LogP contribution < -0.4 is 10.2 Å². The Kier molecular flexibility index (Phi) is 6.28. The van der Waals surface area contributed by atoms with Crippen LogP contribution in [0.5, 0.6) is 0 Å². The van der Waals surface area contributed by atoms with Gasteiger partial charge in [-0.3, -0.25) is 9.59 Å². The zero-order valence-electron chi connectivity index (χ0n) is 14.4. The van der Waals surface area contributed by atoms with Gasteiger partial charge in [0.2, 0.25) is 0 Å². The number of anilines is 1. The molecule has 4 nitrogen and oxygen atoms in total. The van der Waals surface area contributed by atoms with Gasteiger partial charge in [-0.1, -0.05) is 17.7 Å². The molecule has 2 aromatic rings. The number of quaternary nitrogens is 1. The molecule has 25 heavy (non-hydrogen) atoms. The first-order valence-corrected chi connectivity index (χ1v) is 8.34. The van der Waals surface area contributed by atoms with E-state index in [-0.39, 0.29) is 17.5 Å². The number of hydrogen-bond acceptors (Lipinski definition) is 2. The standard InChI is InChI=1S/C19H20ClFN2O2/c1-12(23(3)11-16-17(20)5-4-6-18(16)21)19(25)22-15-9-7-14(8-10-15)13(2)24/h4-10,12H,11H2,1-3H3,(H,22,25)/p+1/t12-/m0/s1. The summed E-state index contributed by atoms with van der Waals surface area (Å²) in [6.07, 6.45) is 0. The largest absolute Gasteiger partial charge is 0.323 e. The van der Waals surface area contributed by atoms with E-state index < -0.39 is 6.04 Å². The van der Waals surface area contributed by atoms with Crippen molar-refractivity contribution >= 4 is 29.0 Å². The Morgan fingerprint density at radius 3 is 2.40 bits per heavy atom. The average Bonchev–Trinajstić information content (AvgIpc) is 2.57. The first kappa shape index (κ1) is 19.1. The van der Waals surface area contributed by atoms with Gasteiger partial charge in [0.1, 0.15) is 12.4 Å². The predicted octanol–water partition coefficient (Wildman–Crippen LogP) is 2.72. The minimum atomic E-state index is -0.414. The van der Waals surface area contributed by atoms with Crippen LogP contribution in [0.2, 0.25) is 5.02 Å². The summed E-state index contributed by atoms with van der Waals surface area (Å²) in [6.45, 7) is 3.55. The molecule has 0 spiro atoms. The number of benzene rings is 2. The fraction of sp³-hybridized carbons (Fsp3) is 0.263. The lowest BCUT2D eigenvalue weighted by atomic mass is 10.1. The van der Waals surface area contributed by atoms with Crippen molar-refractivity contribution in [3.05, 3.63) is 64.4 Å². The Hall–Kier alpha value is -2.24. The van der Waals surface area contributed by atoms with E-state index in [4.69, 9.17) is 11.6 Å². The Morgan fingerprint density at radius 1 is 1.20 bits per heavy atom. The molecule has 2 atom stereocenters. The molecule has 6 heteroatoms. The Morgan fingerprint density at radius 2 is 1.84 bits per heavy atom. The molecule has 1 amide bonds. The number of carbonyl (C=O) groups excluding carboxylic acids is 2. The van der Waals surface area contributed by atoms with Gasteiger partial charge in [-0.25, -0.2) is 4.39 Å². The molecule has 2 rings (SSSR count). The molecule has 132 valence electrons. The summed E-state index contributed by atoms with van der Waals surface area (Å²) in [7, 11) is 1.81. The van der Waals surface area contributed by atoms with E-state index in [0.29, 0.717) is 28.4 Å². The molecule has 1 unspecified atom stereocenters. The lowest BCUT2D eigenvalue weighted by Crippen LogP contribution is -3.12. The number of amides is 1. The van der Waals surface area contributed by atoms with Gasteiger partial charge in [-0.05, 0) is 50.2 Å². The SMILES string of the molecule is CC(=O)c1ccc(NC(=O)[C@H](C)[NH+](C)Cc2c(F)cccc2Cl)cc1. The van der Waals surface area contributed by atoms with Crippen LogP contribution in [0.4, 0.5) is 10.1 Å². The predicted molar refractivity (Wildman–Crippen MR) is 96.5 cm³/mol. The maximum atomic E-state index is 13.9. The highest BCUT2D eigenvalue weighted by molar-refractivity contribution is 6.31. The molecule has 0 bridgehead atoms. The molecule has 2 aromatic carbocycles. The number of nitrogens with one attached hydrogen (secondary N) is 2. The molecule has 0 radical (unpaired) electrons. The molecule has 0 fully saturated rings. The Bertz CT molecular complexity index is 757. The van der Waals surface area contributed by atoms with Gasteiger partial charge in [0, 0.05) is 11.3 Å². The van der Waals surface area contributed by atoms with Crippen LogP contribution in [-0.2, 0) is 11.3 Å². The second-order valence-corrected chi connectivity index (χ2v) is 6.48. The number of rotatable bonds is 6. The van der Waals surface area contributed by atoms with Gasteiger partial charge < -0.3 is 10.2 Å². The van der Waals surface area contributed by atoms with Crippen LogP contribution in [0.25, 0.3) is 0 Å². The second kappa shape index (κ2) is 8.23. The number of Topliss-reactive ketones (excluding diaryl/α,β-unsaturated/α-hetero) is 1. The molecular weight excluding hydrogens is 343 g/mol. The third-order valence-electron chi connectivity index (χ3n) is 4.21. The number of carbonyl (C=O) groups is 2. The van der Waals surface area contributed by atoms with Gasteiger partial charge in [-0.2, -0.15) is 0 Å². The lowest BCUT2D eigenvalue weighted by Gasteiger charge is -2.22. The van der Waals surface area contributed by atoms with Gasteiger partial charge in [0.25, 0.3) is 5.91 Å². The summed E-state index contributed by atoms with van der Waals surface area (Å²) in [6, 6.07) is 10.8. The number of halogens is 2. The summed E-state index contributed by atoms with van der Waals surface area (Å²) in [4.78, 5) is 24.5. The first-order valence-electron chi connectivity index (χ1n) is 7.96. The third kappa shape index (κ3) is 4.87. The van der Waals surface area contributed by atoms with E-state index in [2.05, 4.69) is 5.32 Å². The van der Waals surface area contributed by atoms with Crippen LogP contribution in [0.3, 0.4) is 0 Å². The number of likely N-dealkylation sites (N-methyl/N-ethyl adjacent to an activating group) is 1. The zero-order chi connectivity index (χ0) is 18.6. The minimum Gasteiger partial charge on any atom is -0.323 e. The van der Waals surface area contributed by atoms with Crippen molar-refractivity contribution in [1.29, 1.82) is 0 Å². The molecule has 0 aliphatic carbocycles. The Balaban J connectivity index is 2.02. The summed E-state index contributed by atoms with van der Waals surface area (Å²) in [5, 5.41) is 3.16. The summed E-state index contributed by atoms with van der Waals surface area (Å²) in [5.41, 5.74) is 1.59. The maximum absolute atomic E-state index is 13.9. The molecule has 2 N–H and O–H groups in total. The molecule has 0 saturated carbocycles. The molecule has 0 aromatic heterocycles. The highest BCUT2D eigenvalue weighted by Gasteiger charge is 2.24. The van der Waals surface area contributed by atoms with Crippen LogP contribution >= 0.6 is 11.6 Å². The van der Waals surface area contributed by atoms with E-state index in [9.17, 15) is 14.0 Å². The van der Waals surface area contributed by atoms with Crippen molar-refractivity contribution < 1.29 is 18.9 Å². The fourth-order valence-corrected chi connectivity index (χ4v) is 2.63. The van der Waals surface area contributed by atoms with E-state index >= 15 is 0 Å². The Labute approximate surface area is 151 Å². The topological polar surface area (TPSA) is 50.6 Å². The van der Waals surface area contributed by atoms with Gasteiger partial charge in [0.05, 0.1) is 17.6 Å². The van der Waals surface area contributed by atoms with E-state index in [1.54, 1.807) is 43.3 Å². The van der Waals surface area contributed by atoms with Gasteiger partial charge >= 0.3 is 0 Å². The molecule has 0 heterocycles. The highest BCUT2D eigenvalue weighted by atomic mass is 35.5. The van der Waals surface area contributed by atoms with Crippen molar-refractivity contribution in [2.24, 2.45) is 0 Å². The van der Waals surface area contributed by atoms with Crippen LogP contribution in [-0.4, -0.2) is 24.8 Å². The van der Waals surface area contributed by atoms with Crippen molar-refractivity contribution in [2.75, 3.05) is 12.4 Å². The zero-order valence-corrected chi connectivity index (χ0v) is 15.2. The summed E-state index contributed by atoms with van der Waals surface area (Å²) in [5.74, 6) is -0.600. The van der Waals surface area contributed by atoms with Crippen LogP contribution in [0.15, 0.2) is 42.5 Å². The van der Waals surface area contributed by atoms with Crippen molar-refractivity contribution in [3.63, 3.8) is 0 Å². The highest BCUT2D eigenvalue weighted by Crippen LogP contribution is 2.17. The maximum Gasteiger partial charge on any atom is 0.282 e. The summed E-state index contributed by atoms with van der Waals surface area (Å²) >= 11 is 6.05. The van der Waals surface area contributed by atoms with Crippen LogP contribution in [0.1, 0.15) is 29.8 Å². The van der Waals surface area contributed by atoms with E-state index in [1.165, 1.54) is 13.0 Å². The average molecular weight is 364 g/mol. The smallest absolute Gasteiger partial charge is 0.282 e. The second-order valence-electron chi connectivity index (χ2n) is 6.07. The van der Waals surface area contributed by atoms with Crippen molar-refractivity contribution in [1.82, 2.24) is 0 Å². The van der Waals surface area contributed by atoms with Crippen molar-refractivity contribution in [3.8, 4) is 0 Å². The van der Waals surface area contributed by atoms with Gasteiger partial charge in [-0.15, -0.1) is 0 Å². The first-order chi connectivity index (χ1) is 11.8. The number of ketones is 1. The normalized spacial score (nSPS) is 13.2. The molecule has 0 aliphatic rings. The van der Waals surface area contributed by atoms with Crippen molar-refractivity contribution in [2.45, 2.75) is 26.4 Å². The van der Waals surface area contributed by atoms with E-state index in [1.807, 2.05) is 7.05 Å². The minimum absolute atomic E-state index is 0.0304. The van der Waals surface area contributed by atoms with Gasteiger partial charge in [0.15, 0.2) is 11.8 Å². The fourth-order valence-electron chi connectivity index (χ4n) is 2.40. The summed E-state index contributed by atoms with van der Waals surface area (Å²) < 4.78 is 13.9. The lowest BCUT2D eigenvalue weighted by molar-refractivity contribution is -0.908. The van der Waals surface area contributed by atoms with E-state index in [0.717, 1.165) is 4.90 Å². The van der Waals surface area contributed by atoms with Crippen LogP contribution in [0, 0.1) is 5.82 Å². The molecule has 0 aliphatic heterocycles. The number of hydrogen-bond donors (Lipinski definition) is 2. The monoisotopic (exact) mass is 363 g/mol. The molecular formula is C19H21ClFN2O2+.